The quantitative estimate of drug-likeness (QED) is 0.897. The second kappa shape index (κ2) is 8.10. The van der Waals surface area contributed by atoms with Gasteiger partial charge in [-0.1, -0.05) is 32.3 Å². The SMILES string of the molecule is CC1CCCC(CCNC(=O)c2cccc(N)n2)C1.Cl. The molecule has 1 aromatic rings. The molecule has 0 spiro atoms. The fraction of sp³-hybridized carbons (Fsp3) is 0.600. The lowest BCUT2D eigenvalue weighted by atomic mass is 9.81. The summed E-state index contributed by atoms with van der Waals surface area (Å²) in [6.45, 7) is 3.05. The van der Waals surface area contributed by atoms with Crippen molar-refractivity contribution >= 4 is 24.1 Å². The van der Waals surface area contributed by atoms with E-state index in [1.54, 1.807) is 18.2 Å². The van der Waals surface area contributed by atoms with E-state index < -0.39 is 0 Å². The van der Waals surface area contributed by atoms with Gasteiger partial charge < -0.3 is 11.1 Å². The third-order valence-electron chi connectivity index (χ3n) is 3.89. The van der Waals surface area contributed by atoms with Crippen LogP contribution in [-0.4, -0.2) is 17.4 Å². The first-order valence-corrected chi connectivity index (χ1v) is 7.16. The van der Waals surface area contributed by atoms with E-state index in [0.29, 0.717) is 11.5 Å². The molecule has 3 N–H and O–H groups in total. The number of nitrogens with zero attached hydrogens (tertiary/aromatic N) is 1. The van der Waals surface area contributed by atoms with Crippen LogP contribution in [0.3, 0.4) is 0 Å². The van der Waals surface area contributed by atoms with Crippen molar-refractivity contribution in [3.8, 4) is 0 Å². The summed E-state index contributed by atoms with van der Waals surface area (Å²) >= 11 is 0. The molecule has 2 unspecified atom stereocenters. The molecule has 20 heavy (non-hydrogen) atoms. The minimum atomic E-state index is -0.129. The van der Waals surface area contributed by atoms with E-state index in [4.69, 9.17) is 5.73 Å². The zero-order valence-electron chi connectivity index (χ0n) is 12.0. The molecule has 2 atom stereocenters. The zero-order chi connectivity index (χ0) is 13.7. The molecule has 5 heteroatoms. The van der Waals surface area contributed by atoms with E-state index in [1.165, 1.54) is 25.7 Å². The molecule has 0 saturated heterocycles. The molecular formula is C15H24ClN3O. The summed E-state index contributed by atoms with van der Waals surface area (Å²) in [5, 5.41) is 2.93. The first-order valence-electron chi connectivity index (χ1n) is 7.16. The number of nitrogens with one attached hydrogen (secondary N) is 1. The van der Waals surface area contributed by atoms with Gasteiger partial charge in [-0.25, -0.2) is 4.98 Å². The number of pyridine rings is 1. The average Bonchev–Trinajstić information content (AvgIpc) is 2.38. The number of hydrogen-bond donors (Lipinski definition) is 2. The van der Waals surface area contributed by atoms with Crippen molar-refractivity contribution in [2.45, 2.75) is 39.0 Å². The van der Waals surface area contributed by atoms with Gasteiger partial charge in [-0.05, 0) is 36.8 Å². The van der Waals surface area contributed by atoms with Gasteiger partial charge in [0.25, 0.3) is 5.91 Å². The fourth-order valence-corrected chi connectivity index (χ4v) is 2.88. The monoisotopic (exact) mass is 297 g/mol. The van der Waals surface area contributed by atoms with Crippen LogP contribution < -0.4 is 11.1 Å². The third kappa shape index (κ3) is 5.00. The molecule has 1 aliphatic carbocycles. The van der Waals surface area contributed by atoms with Crippen molar-refractivity contribution in [3.63, 3.8) is 0 Å². The lowest BCUT2D eigenvalue weighted by Crippen LogP contribution is -2.27. The number of carbonyl (C=O) groups is 1. The molecule has 0 aliphatic heterocycles. The highest BCUT2D eigenvalue weighted by Gasteiger charge is 2.18. The number of aromatic nitrogens is 1. The molecule has 4 nitrogen and oxygen atoms in total. The maximum Gasteiger partial charge on any atom is 0.269 e. The molecule has 1 fully saturated rings. The Morgan fingerprint density at radius 1 is 1.45 bits per heavy atom. The summed E-state index contributed by atoms with van der Waals surface area (Å²) in [5.74, 6) is 1.85. The molecule has 0 aromatic carbocycles. The molecule has 1 amide bonds. The van der Waals surface area contributed by atoms with Gasteiger partial charge in [-0.2, -0.15) is 0 Å². The highest BCUT2D eigenvalue weighted by molar-refractivity contribution is 5.92. The predicted molar refractivity (Wildman–Crippen MR) is 84.0 cm³/mol. The van der Waals surface area contributed by atoms with Gasteiger partial charge >= 0.3 is 0 Å². The zero-order valence-corrected chi connectivity index (χ0v) is 12.8. The van der Waals surface area contributed by atoms with Crippen molar-refractivity contribution in [1.29, 1.82) is 0 Å². The van der Waals surface area contributed by atoms with Crippen molar-refractivity contribution in [2.75, 3.05) is 12.3 Å². The Hall–Kier alpha value is -1.29. The van der Waals surface area contributed by atoms with Crippen LogP contribution in [0, 0.1) is 11.8 Å². The fourth-order valence-electron chi connectivity index (χ4n) is 2.88. The first kappa shape index (κ1) is 16.8. The smallest absolute Gasteiger partial charge is 0.269 e. The number of halogens is 1. The number of carbonyl (C=O) groups excluding carboxylic acids is 1. The molecule has 1 aliphatic rings. The van der Waals surface area contributed by atoms with E-state index in [0.717, 1.165) is 24.8 Å². The van der Waals surface area contributed by atoms with Gasteiger partial charge in [0.2, 0.25) is 0 Å². The van der Waals surface area contributed by atoms with E-state index in [9.17, 15) is 4.79 Å². The normalized spacial score (nSPS) is 21.9. The number of nitrogens with two attached hydrogens (primary N) is 1. The summed E-state index contributed by atoms with van der Waals surface area (Å²) in [7, 11) is 0. The summed E-state index contributed by atoms with van der Waals surface area (Å²) < 4.78 is 0. The first-order chi connectivity index (χ1) is 9.15. The summed E-state index contributed by atoms with van der Waals surface area (Å²) in [6, 6.07) is 5.12. The molecule has 0 bridgehead atoms. The van der Waals surface area contributed by atoms with Crippen LogP contribution in [0.15, 0.2) is 18.2 Å². The van der Waals surface area contributed by atoms with Crippen LogP contribution in [0.5, 0.6) is 0 Å². The van der Waals surface area contributed by atoms with Crippen LogP contribution in [0.2, 0.25) is 0 Å². The summed E-state index contributed by atoms with van der Waals surface area (Å²) in [5.41, 5.74) is 5.97. The van der Waals surface area contributed by atoms with Gasteiger partial charge in [-0.3, -0.25) is 4.79 Å². The Morgan fingerprint density at radius 2 is 2.25 bits per heavy atom. The van der Waals surface area contributed by atoms with Crippen LogP contribution in [-0.2, 0) is 0 Å². The number of anilines is 1. The van der Waals surface area contributed by atoms with Crippen molar-refractivity contribution in [1.82, 2.24) is 10.3 Å². The molecular weight excluding hydrogens is 274 g/mol. The maximum absolute atomic E-state index is 11.9. The van der Waals surface area contributed by atoms with Crippen molar-refractivity contribution in [2.24, 2.45) is 11.8 Å². The lowest BCUT2D eigenvalue weighted by molar-refractivity contribution is 0.0945. The van der Waals surface area contributed by atoms with Gasteiger partial charge in [0.15, 0.2) is 0 Å². The number of amides is 1. The lowest BCUT2D eigenvalue weighted by Gasteiger charge is -2.26. The number of nitrogen functional groups attached to an aromatic ring is 1. The maximum atomic E-state index is 11.9. The Labute approximate surface area is 126 Å². The Bertz CT molecular complexity index is 439. The average molecular weight is 298 g/mol. The van der Waals surface area contributed by atoms with Crippen LogP contribution in [0.4, 0.5) is 5.82 Å². The summed E-state index contributed by atoms with van der Waals surface area (Å²) in [6.07, 6.45) is 6.36. The predicted octanol–water partition coefficient (Wildman–Crippen LogP) is 3.03. The Balaban J connectivity index is 0.00000200. The van der Waals surface area contributed by atoms with Crippen molar-refractivity contribution < 1.29 is 4.79 Å². The van der Waals surface area contributed by atoms with Crippen LogP contribution in [0.25, 0.3) is 0 Å². The van der Waals surface area contributed by atoms with Gasteiger partial charge in [-0.15, -0.1) is 12.4 Å². The molecule has 1 aromatic heterocycles. The van der Waals surface area contributed by atoms with Crippen LogP contribution in [0.1, 0.15) is 49.5 Å². The summed E-state index contributed by atoms with van der Waals surface area (Å²) in [4.78, 5) is 15.9. The molecule has 1 heterocycles. The third-order valence-corrected chi connectivity index (χ3v) is 3.89. The van der Waals surface area contributed by atoms with E-state index >= 15 is 0 Å². The van der Waals surface area contributed by atoms with Crippen LogP contribution >= 0.6 is 12.4 Å². The molecule has 112 valence electrons. The Kier molecular flexibility index (Phi) is 6.79. The molecule has 1 saturated carbocycles. The number of rotatable bonds is 4. The van der Waals surface area contributed by atoms with E-state index in [2.05, 4.69) is 17.2 Å². The van der Waals surface area contributed by atoms with Crippen molar-refractivity contribution in [3.05, 3.63) is 23.9 Å². The Morgan fingerprint density at radius 3 is 2.95 bits per heavy atom. The topological polar surface area (TPSA) is 68.0 Å². The number of hydrogen-bond acceptors (Lipinski definition) is 3. The van der Waals surface area contributed by atoms with E-state index in [1.807, 2.05) is 0 Å². The van der Waals surface area contributed by atoms with Gasteiger partial charge in [0.1, 0.15) is 11.5 Å². The molecule has 0 radical (unpaired) electrons. The van der Waals surface area contributed by atoms with Gasteiger partial charge in [0, 0.05) is 6.54 Å². The van der Waals surface area contributed by atoms with E-state index in [-0.39, 0.29) is 18.3 Å². The largest absolute Gasteiger partial charge is 0.384 e. The van der Waals surface area contributed by atoms with Gasteiger partial charge in [0.05, 0.1) is 0 Å². The molecule has 2 rings (SSSR count). The minimum Gasteiger partial charge on any atom is -0.384 e. The second-order valence-corrected chi connectivity index (χ2v) is 5.63. The second-order valence-electron chi connectivity index (χ2n) is 5.63. The standard InChI is InChI=1S/C15H23N3O.ClH/c1-11-4-2-5-12(10-11)8-9-17-15(19)13-6-3-7-14(16)18-13;/h3,6-7,11-12H,2,4-5,8-10H2,1H3,(H2,16,18)(H,17,19);1H. The minimum absolute atomic E-state index is 0. The highest BCUT2D eigenvalue weighted by Crippen LogP contribution is 2.30. The highest BCUT2D eigenvalue weighted by atomic mass is 35.5.